The Hall–Kier alpha value is -0.190. The normalized spacial score (nSPS) is 10.0. The van der Waals surface area contributed by atoms with Crippen molar-refractivity contribution in [3.63, 3.8) is 0 Å². The van der Waals surface area contributed by atoms with Gasteiger partial charge in [-0.1, -0.05) is 0 Å². The number of ether oxygens (including phenoxy) is 1. The third-order valence-electron chi connectivity index (χ3n) is 1.83. The summed E-state index contributed by atoms with van der Waals surface area (Å²) < 4.78 is 8.08. The van der Waals surface area contributed by atoms with Gasteiger partial charge in [-0.3, -0.25) is 0 Å². The molecule has 0 aromatic heterocycles. The number of rotatable bonds is 5. The van der Waals surface area contributed by atoms with Crippen LogP contribution in [0.4, 0.5) is 0 Å². The Morgan fingerprint density at radius 3 is 2.46 bits per heavy atom. The van der Waals surface area contributed by atoms with Gasteiger partial charge in [0.25, 0.3) is 0 Å². The minimum absolute atomic E-state index is 0.0748. The molecule has 0 fully saturated rings. The van der Waals surface area contributed by atoms with Crippen molar-refractivity contribution in [3.8, 4) is 5.75 Å². The number of hydrogen-bond acceptors (Lipinski definition) is 1. The molecule has 0 N–H and O–H groups in total. The summed E-state index contributed by atoms with van der Waals surface area (Å²) in [7, 11) is 1.71. The van der Waals surface area contributed by atoms with Crippen molar-refractivity contribution in [3.05, 3.63) is 24.3 Å². The number of methoxy groups -OCH3 is 1. The molecule has 72 valence electrons. The summed E-state index contributed by atoms with van der Waals surface area (Å²) in [5, 5.41) is 0. The molecule has 0 amide bonds. The van der Waals surface area contributed by atoms with Crippen LogP contribution < -0.4 is 8.35 Å². The van der Waals surface area contributed by atoms with Crippen LogP contribution in [-0.2, 0) is 0 Å². The molecule has 0 atom stereocenters. The molecule has 13 heavy (non-hydrogen) atoms. The standard InChI is InChI=1S/C11H16OTe/c1-3-4-9-13-11-7-5-10(12-2)6-8-11/h5-8H,3-4,9H2,1-2H3. The van der Waals surface area contributed by atoms with E-state index in [-0.39, 0.29) is 20.9 Å². The molecule has 0 aliphatic heterocycles. The van der Waals surface area contributed by atoms with Gasteiger partial charge in [-0.05, 0) is 0 Å². The summed E-state index contributed by atoms with van der Waals surface area (Å²) in [6, 6.07) is 8.53. The predicted octanol–water partition coefficient (Wildman–Crippen LogP) is 2.24. The van der Waals surface area contributed by atoms with Crippen LogP contribution >= 0.6 is 0 Å². The monoisotopic (exact) mass is 294 g/mol. The van der Waals surface area contributed by atoms with Crippen molar-refractivity contribution in [2.45, 2.75) is 24.2 Å². The SMILES string of the molecule is CCCC[Te]c1ccc(OC)cc1. The fourth-order valence-electron chi connectivity index (χ4n) is 1.01. The number of unbranched alkanes of at least 4 members (excludes halogenated alkanes) is 1. The summed E-state index contributed by atoms with van der Waals surface area (Å²) in [4.78, 5) is 0. The Labute approximate surface area is 90.6 Å². The zero-order chi connectivity index (χ0) is 9.52. The van der Waals surface area contributed by atoms with E-state index < -0.39 is 0 Å². The van der Waals surface area contributed by atoms with Crippen LogP contribution in [0.3, 0.4) is 0 Å². The molecule has 1 rings (SSSR count). The molecule has 1 nitrogen and oxygen atoms in total. The molecule has 1 aromatic rings. The molecule has 2 heteroatoms. The molecule has 0 radical (unpaired) electrons. The van der Waals surface area contributed by atoms with Gasteiger partial charge in [0, 0.05) is 0 Å². The van der Waals surface area contributed by atoms with E-state index >= 15 is 0 Å². The summed E-state index contributed by atoms with van der Waals surface area (Å²) >= 11 is 0.0748. The zero-order valence-electron chi connectivity index (χ0n) is 8.25. The topological polar surface area (TPSA) is 9.23 Å². The first-order valence-electron chi connectivity index (χ1n) is 4.63. The van der Waals surface area contributed by atoms with Crippen molar-refractivity contribution in [2.75, 3.05) is 7.11 Å². The van der Waals surface area contributed by atoms with Gasteiger partial charge in [0.05, 0.1) is 0 Å². The van der Waals surface area contributed by atoms with Crippen molar-refractivity contribution >= 4 is 24.5 Å². The Morgan fingerprint density at radius 1 is 1.23 bits per heavy atom. The van der Waals surface area contributed by atoms with E-state index in [1.807, 2.05) is 0 Å². The molecule has 0 heterocycles. The molecule has 1 aromatic carbocycles. The van der Waals surface area contributed by atoms with Gasteiger partial charge in [0.2, 0.25) is 0 Å². The van der Waals surface area contributed by atoms with Crippen molar-refractivity contribution in [1.29, 1.82) is 0 Å². The molecule has 0 saturated carbocycles. The first-order valence-corrected chi connectivity index (χ1v) is 7.45. The molecule has 0 aliphatic carbocycles. The minimum atomic E-state index is 0.0748. The van der Waals surface area contributed by atoms with Gasteiger partial charge >= 0.3 is 90.6 Å². The van der Waals surface area contributed by atoms with E-state index in [0.717, 1.165) is 5.75 Å². The maximum atomic E-state index is 5.11. The predicted molar refractivity (Wildman–Crippen MR) is 58.1 cm³/mol. The molecular formula is C11H16OTe. The Morgan fingerprint density at radius 2 is 1.92 bits per heavy atom. The quantitative estimate of drug-likeness (QED) is 0.597. The zero-order valence-corrected chi connectivity index (χ0v) is 10.6. The third-order valence-corrected chi connectivity index (χ3v) is 4.96. The second-order valence-corrected chi connectivity index (χ2v) is 6.21. The fourth-order valence-corrected chi connectivity index (χ4v) is 3.85. The van der Waals surface area contributed by atoms with Crippen molar-refractivity contribution in [1.82, 2.24) is 0 Å². The average molecular weight is 292 g/mol. The molecule has 0 unspecified atom stereocenters. The van der Waals surface area contributed by atoms with E-state index in [4.69, 9.17) is 4.74 Å². The Bertz CT molecular complexity index is 230. The first-order chi connectivity index (χ1) is 6.36. The third kappa shape index (κ3) is 4.02. The summed E-state index contributed by atoms with van der Waals surface area (Å²) in [6.07, 6.45) is 2.70. The maximum absolute atomic E-state index is 5.11. The molecule has 0 bridgehead atoms. The summed E-state index contributed by atoms with van der Waals surface area (Å²) in [6.45, 7) is 2.25. The van der Waals surface area contributed by atoms with Gasteiger partial charge < -0.3 is 0 Å². The molecule has 0 spiro atoms. The number of benzene rings is 1. The van der Waals surface area contributed by atoms with Crippen LogP contribution in [0.1, 0.15) is 19.8 Å². The van der Waals surface area contributed by atoms with Gasteiger partial charge in [-0.15, -0.1) is 0 Å². The van der Waals surface area contributed by atoms with E-state index in [9.17, 15) is 0 Å². The second-order valence-electron chi connectivity index (χ2n) is 2.88. The van der Waals surface area contributed by atoms with Gasteiger partial charge in [0.1, 0.15) is 0 Å². The number of hydrogen-bond donors (Lipinski definition) is 0. The van der Waals surface area contributed by atoms with Crippen LogP contribution in [0.15, 0.2) is 24.3 Å². The fraction of sp³-hybridized carbons (Fsp3) is 0.455. The van der Waals surface area contributed by atoms with Crippen LogP contribution in [0.25, 0.3) is 0 Å². The van der Waals surface area contributed by atoms with E-state index in [0.29, 0.717) is 0 Å². The van der Waals surface area contributed by atoms with Crippen LogP contribution in [0, 0.1) is 0 Å². The van der Waals surface area contributed by atoms with Gasteiger partial charge in [0.15, 0.2) is 0 Å². The molecule has 0 saturated heterocycles. The molecule has 0 aliphatic rings. The average Bonchev–Trinajstić information content (AvgIpc) is 2.19. The van der Waals surface area contributed by atoms with Crippen LogP contribution in [-0.4, -0.2) is 28.0 Å². The van der Waals surface area contributed by atoms with E-state index in [2.05, 4.69) is 31.2 Å². The van der Waals surface area contributed by atoms with Gasteiger partial charge in [-0.2, -0.15) is 0 Å². The van der Waals surface area contributed by atoms with Gasteiger partial charge in [-0.25, -0.2) is 0 Å². The Balaban J connectivity index is 2.40. The second kappa shape index (κ2) is 6.29. The van der Waals surface area contributed by atoms with E-state index in [1.54, 1.807) is 10.7 Å². The first kappa shape index (κ1) is 10.9. The Kier molecular flexibility index (Phi) is 5.27. The van der Waals surface area contributed by atoms with Crippen molar-refractivity contribution in [2.24, 2.45) is 0 Å². The van der Waals surface area contributed by atoms with E-state index in [1.165, 1.54) is 17.3 Å². The van der Waals surface area contributed by atoms with Crippen molar-refractivity contribution < 1.29 is 4.74 Å². The van der Waals surface area contributed by atoms with Crippen LogP contribution in [0.2, 0.25) is 4.47 Å². The molecular weight excluding hydrogens is 276 g/mol. The summed E-state index contributed by atoms with van der Waals surface area (Å²) in [5.74, 6) is 0.965. The summed E-state index contributed by atoms with van der Waals surface area (Å²) in [5.41, 5.74) is 0. The van der Waals surface area contributed by atoms with Crippen LogP contribution in [0.5, 0.6) is 5.75 Å².